The van der Waals surface area contributed by atoms with Crippen molar-refractivity contribution in [2.75, 3.05) is 4.90 Å². The molecule has 0 amide bonds. The average Bonchev–Trinajstić information content (AvgIpc) is 3.82. The fourth-order valence-electron chi connectivity index (χ4n) is 8.31. The van der Waals surface area contributed by atoms with Gasteiger partial charge in [-0.15, -0.1) is 11.3 Å². The molecule has 9 aromatic carbocycles. The van der Waals surface area contributed by atoms with Gasteiger partial charge in [-0.1, -0.05) is 152 Å². The molecule has 2 aromatic heterocycles. The topological polar surface area (TPSA) is 16.4 Å². The van der Waals surface area contributed by atoms with Crippen LogP contribution in [0.25, 0.3) is 86.3 Å². The fraction of sp³-hybridized carbons (Fsp3) is 0. The van der Waals surface area contributed by atoms with E-state index >= 15 is 0 Å². The highest BCUT2D eigenvalue weighted by molar-refractivity contribution is 7.25. The molecular formula is C52H33NOS. The van der Waals surface area contributed by atoms with E-state index in [0.717, 1.165) is 50.1 Å². The van der Waals surface area contributed by atoms with Crippen molar-refractivity contribution in [3.05, 3.63) is 200 Å². The summed E-state index contributed by atoms with van der Waals surface area (Å²) in [6.07, 6.45) is 0. The molecule has 2 nitrogen and oxygen atoms in total. The highest BCUT2D eigenvalue weighted by Gasteiger charge is 2.21. The second kappa shape index (κ2) is 12.9. The molecule has 3 heteroatoms. The third kappa shape index (κ3) is 5.32. The normalized spacial score (nSPS) is 11.6. The van der Waals surface area contributed by atoms with Crippen molar-refractivity contribution in [1.29, 1.82) is 0 Å². The van der Waals surface area contributed by atoms with Gasteiger partial charge in [-0.05, 0) is 87.1 Å². The van der Waals surface area contributed by atoms with Crippen molar-refractivity contribution in [2.45, 2.75) is 0 Å². The van der Waals surface area contributed by atoms with E-state index in [1.807, 2.05) is 23.5 Å². The maximum Gasteiger partial charge on any atom is 0.136 e. The largest absolute Gasteiger partial charge is 0.456 e. The van der Waals surface area contributed by atoms with Gasteiger partial charge in [0.05, 0.1) is 5.69 Å². The summed E-state index contributed by atoms with van der Waals surface area (Å²) in [7, 11) is 0. The van der Waals surface area contributed by atoms with E-state index in [2.05, 4.69) is 193 Å². The second-order valence-electron chi connectivity index (χ2n) is 14.1. The quantitative estimate of drug-likeness (QED) is 0.170. The molecule has 0 N–H and O–H groups in total. The van der Waals surface area contributed by atoms with Crippen LogP contribution in [-0.4, -0.2) is 0 Å². The maximum atomic E-state index is 6.27. The van der Waals surface area contributed by atoms with Crippen molar-refractivity contribution in [3.63, 3.8) is 0 Å². The lowest BCUT2D eigenvalue weighted by atomic mass is 9.94. The van der Waals surface area contributed by atoms with E-state index in [9.17, 15) is 0 Å². The van der Waals surface area contributed by atoms with Crippen LogP contribution >= 0.6 is 11.3 Å². The fourth-order valence-corrected chi connectivity index (χ4v) is 9.45. The lowest BCUT2D eigenvalue weighted by Crippen LogP contribution is -2.11. The van der Waals surface area contributed by atoms with Gasteiger partial charge in [-0.25, -0.2) is 0 Å². The number of hydrogen-bond donors (Lipinski definition) is 0. The number of nitrogens with zero attached hydrogens (tertiary/aromatic N) is 1. The zero-order chi connectivity index (χ0) is 36.3. The minimum atomic E-state index is 0.902. The molecule has 0 aliphatic heterocycles. The summed E-state index contributed by atoms with van der Waals surface area (Å²) in [6, 6.07) is 72.4. The molecule has 11 aromatic rings. The number of para-hydroxylation sites is 1. The van der Waals surface area contributed by atoms with Crippen molar-refractivity contribution < 1.29 is 4.42 Å². The predicted octanol–water partition coefficient (Wildman–Crippen LogP) is 15.6. The number of thiophene rings is 1. The van der Waals surface area contributed by atoms with Crippen molar-refractivity contribution in [2.24, 2.45) is 0 Å². The zero-order valence-corrected chi connectivity index (χ0v) is 30.6. The van der Waals surface area contributed by atoms with E-state index in [0.29, 0.717) is 0 Å². The molecule has 11 rings (SSSR count). The monoisotopic (exact) mass is 719 g/mol. The van der Waals surface area contributed by atoms with Gasteiger partial charge in [0, 0.05) is 47.9 Å². The maximum absolute atomic E-state index is 6.27. The first-order valence-corrected chi connectivity index (χ1v) is 19.5. The molecule has 258 valence electrons. The van der Waals surface area contributed by atoms with Crippen LogP contribution in [0.2, 0.25) is 0 Å². The zero-order valence-electron chi connectivity index (χ0n) is 29.8. The van der Waals surface area contributed by atoms with E-state index in [-0.39, 0.29) is 0 Å². The lowest BCUT2D eigenvalue weighted by molar-refractivity contribution is 0.669. The number of rotatable bonds is 6. The highest BCUT2D eigenvalue weighted by atomic mass is 32.1. The Morgan fingerprint density at radius 1 is 0.364 bits per heavy atom. The van der Waals surface area contributed by atoms with Gasteiger partial charge in [-0.3, -0.25) is 0 Å². The van der Waals surface area contributed by atoms with Crippen LogP contribution in [0.5, 0.6) is 0 Å². The smallest absolute Gasteiger partial charge is 0.136 e. The van der Waals surface area contributed by atoms with E-state index in [4.69, 9.17) is 4.42 Å². The average molecular weight is 720 g/mol. The molecule has 0 fully saturated rings. The summed E-state index contributed by atoms with van der Waals surface area (Å²) >= 11 is 1.85. The molecule has 0 atom stereocenters. The standard InChI is InChI=1S/C52H33NOS/c1-2-12-35(13-3-1)42-30-26-37(41-19-10-15-34-14-4-5-16-40(34)41)32-47(42)53(39-29-31-45-44-17-7-9-23-50(44)55-51(45)33-39)38-27-24-36(25-28-38)43-20-11-22-49-52(43)46-18-6-8-21-48(46)54-49/h1-33H. The summed E-state index contributed by atoms with van der Waals surface area (Å²) in [5.74, 6) is 0. The molecular weight excluding hydrogens is 687 g/mol. The molecule has 2 heterocycles. The predicted molar refractivity (Wildman–Crippen MR) is 235 cm³/mol. The third-order valence-corrected chi connectivity index (χ3v) is 12.0. The summed E-state index contributed by atoms with van der Waals surface area (Å²) < 4.78 is 8.84. The summed E-state index contributed by atoms with van der Waals surface area (Å²) in [5.41, 5.74) is 12.2. The summed E-state index contributed by atoms with van der Waals surface area (Å²) in [6.45, 7) is 0. The molecule has 0 aliphatic carbocycles. The van der Waals surface area contributed by atoms with Crippen molar-refractivity contribution >= 4 is 81.3 Å². The van der Waals surface area contributed by atoms with Crippen molar-refractivity contribution in [1.82, 2.24) is 0 Å². The van der Waals surface area contributed by atoms with Crippen LogP contribution < -0.4 is 4.90 Å². The first-order chi connectivity index (χ1) is 27.3. The van der Waals surface area contributed by atoms with Crippen LogP contribution in [0.1, 0.15) is 0 Å². The number of anilines is 3. The van der Waals surface area contributed by atoms with Gasteiger partial charge in [0.1, 0.15) is 11.2 Å². The second-order valence-corrected chi connectivity index (χ2v) is 15.1. The summed E-state index contributed by atoms with van der Waals surface area (Å²) in [4.78, 5) is 2.44. The minimum absolute atomic E-state index is 0.902. The molecule has 0 aliphatic rings. The van der Waals surface area contributed by atoms with Gasteiger partial charge in [-0.2, -0.15) is 0 Å². The number of furan rings is 1. The van der Waals surface area contributed by atoms with E-state index < -0.39 is 0 Å². The summed E-state index contributed by atoms with van der Waals surface area (Å²) in [5, 5.41) is 7.34. The van der Waals surface area contributed by atoms with Crippen LogP contribution in [-0.2, 0) is 0 Å². The van der Waals surface area contributed by atoms with Gasteiger partial charge < -0.3 is 9.32 Å². The van der Waals surface area contributed by atoms with Gasteiger partial charge in [0.2, 0.25) is 0 Å². The van der Waals surface area contributed by atoms with E-state index in [1.54, 1.807) is 0 Å². The first-order valence-electron chi connectivity index (χ1n) is 18.7. The highest BCUT2D eigenvalue weighted by Crippen LogP contribution is 2.46. The van der Waals surface area contributed by atoms with Crippen LogP contribution in [0.4, 0.5) is 17.1 Å². The number of hydrogen-bond acceptors (Lipinski definition) is 3. The molecule has 0 saturated carbocycles. The molecule has 0 bridgehead atoms. The Bertz CT molecular complexity index is 3200. The Morgan fingerprint density at radius 3 is 1.89 bits per heavy atom. The number of benzene rings is 9. The minimum Gasteiger partial charge on any atom is -0.456 e. The molecule has 0 unspecified atom stereocenters. The molecule has 0 radical (unpaired) electrons. The Kier molecular flexibility index (Phi) is 7.39. The number of fused-ring (bicyclic) bond motifs is 7. The van der Waals surface area contributed by atoms with Crippen LogP contribution in [0.3, 0.4) is 0 Å². The van der Waals surface area contributed by atoms with Crippen molar-refractivity contribution in [3.8, 4) is 33.4 Å². The Balaban J connectivity index is 1.14. The molecule has 55 heavy (non-hydrogen) atoms. The third-order valence-electron chi connectivity index (χ3n) is 10.9. The first kappa shape index (κ1) is 31.6. The lowest BCUT2D eigenvalue weighted by Gasteiger charge is -2.29. The SMILES string of the molecule is c1ccc(-c2ccc(-c3cccc4ccccc34)cc2N(c2ccc(-c3cccc4oc5ccccc5c34)cc2)c2ccc3c(c2)sc2ccccc23)cc1. The molecule has 0 spiro atoms. The van der Waals surface area contributed by atoms with Crippen LogP contribution in [0.15, 0.2) is 205 Å². The van der Waals surface area contributed by atoms with Gasteiger partial charge in [0.25, 0.3) is 0 Å². The van der Waals surface area contributed by atoms with Gasteiger partial charge >= 0.3 is 0 Å². The molecule has 0 saturated heterocycles. The van der Waals surface area contributed by atoms with Gasteiger partial charge in [0.15, 0.2) is 0 Å². The Labute approximate surface area is 322 Å². The van der Waals surface area contributed by atoms with Crippen LogP contribution in [0, 0.1) is 0 Å². The Hall–Kier alpha value is -6.94. The van der Waals surface area contributed by atoms with E-state index in [1.165, 1.54) is 53.2 Å². The Morgan fingerprint density at radius 2 is 1.00 bits per heavy atom.